The number of halogens is 1. The number of hydrogen-bond acceptors (Lipinski definition) is 2. The molecule has 0 N–H and O–H groups in total. The first kappa shape index (κ1) is 25.2. The van der Waals surface area contributed by atoms with Crippen molar-refractivity contribution in [1.82, 2.24) is 4.57 Å². The van der Waals surface area contributed by atoms with Crippen LogP contribution in [0.15, 0.2) is 47.5 Å². The topological polar surface area (TPSA) is 17.3 Å². The molecule has 0 aliphatic heterocycles. The van der Waals surface area contributed by atoms with Crippen molar-refractivity contribution in [3.8, 4) is 0 Å². The van der Waals surface area contributed by atoms with Crippen molar-refractivity contribution in [3.05, 3.63) is 59.5 Å². The van der Waals surface area contributed by atoms with E-state index in [1.54, 1.807) is 0 Å². The average molecular weight is 471 g/mol. The third kappa shape index (κ3) is 6.11. The molecule has 1 heterocycles. The Bertz CT molecular complexity index is 925. The van der Waals surface area contributed by atoms with Gasteiger partial charge in [-0.2, -0.15) is 0 Å². The van der Waals surface area contributed by atoms with E-state index in [1.165, 1.54) is 60.4 Å². The smallest absolute Gasteiger partial charge is 0.0827 e. The molecule has 0 bridgehead atoms. The Hall–Kier alpha value is -1.45. The summed E-state index contributed by atoms with van der Waals surface area (Å²) in [6.45, 7) is 14.2. The van der Waals surface area contributed by atoms with E-state index in [0.29, 0.717) is 5.25 Å². The highest BCUT2D eigenvalue weighted by molar-refractivity contribution is 8.08. The van der Waals surface area contributed by atoms with Crippen molar-refractivity contribution in [2.75, 3.05) is 0 Å². The first-order chi connectivity index (χ1) is 15.5. The van der Waals surface area contributed by atoms with Gasteiger partial charge in [-0.15, -0.1) is 23.4 Å². The molecule has 2 nitrogen and oxygen atoms in total. The first-order valence-electron chi connectivity index (χ1n) is 12.2. The highest BCUT2D eigenvalue weighted by Crippen LogP contribution is 2.40. The highest BCUT2D eigenvalue weighted by Gasteiger charge is 2.21. The van der Waals surface area contributed by atoms with Gasteiger partial charge >= 0.3 is 0 Å². The summed E-state index contributed by atoms with van der Waals surface area (Å²) >= 11 is 8.57. The maximum Gasteiger partial charge on any atom is 0.0827 e. The van der Waals surface area contributed by atoms with E-state index in [-0.39, 0.29) is 5.38 Å². The monoisotopic (exact) mass is 470 g/mol. The second-order valence-corrected chi connectivity index (χ2v) is 10.9. The number of rotatable bonds is 9. The Labute approximate surface area is 204 Å². The van der Waals surface area contributed by atoms with Gasteiger partial charge < -0.3 is 4.57 Å². The predicted octanol–water partition coefficient (Wildman–Crippen LogP) is 8.95. The van der Waals surface area contributed by atoms with Gasteiger partial charge in [-0.1, -0.05) is 63.5 Å². The number of allylic oxidation sites excluding steroid dienone is 5. The molecular weight excluding hydrogens is 432 g/mol. The summed E-state index contributed by atoms with van der Waals surface area (Å²) in [5.41, 5.74) is 6.92. The first-order valence-corrected chi connectivity index (χ1v) is 13.6. The Morgan fingerprint density at radius 1 is 1.31 bits per heavy atom. The number of hydrogen-bond donors (Lipinski definition) is 0. The van der Waals surface area contributed by atoms with Crippen molar-refractivity contribution >= 4 is 39.7 Å². The van der Waals surface area contributed by atoms with E-state index in [0.717, 1.165) is 36.4 Å². The molecule has 2 aliphatic carbocycles. The maximum atomic E-state index is 6.57. The van der Waals surface area contributed by atoms with E-state index in [2.05, 4.69) is 69.2 Å². The molecule has 0 spiro atoms. The zero-order valence-electron chi connectivity index (χ0n) is 20.3. The lowest BCUT2D eigenvalue weighted by Gasteiger charge is -2.22. The summed E-state index contributed by atoms with van der Waals surface area (Å²) in [6, 6.07) is 2.32. The molecule has 1 saturated carbocycles. The lowest BCUT2D eigenvalue weighted by molar-refractivity contribution is 0.517. The Morgan fingerprint density at radius 2 is 2.06 bits per heavy atom. The van der Waals surface area contributed by atoms with Crippen LogP contribution in [0.4, 0.5) is 0 Å². The minimum absolute atomic E-state index is 0.00213. The van der Waals surface area contributed by atoms with E-state index < -0.39 is 0 Å². The Kier molecular flexibility index (Phi) is 9.55. The van der Waals surface area contributed by atoms with Crippen molar-refractivity contribution in [3.63, 3.8) is 0 Å². The molecule has 2 aliphatic rings. The lowest BCUT2D eigenvalue weighted by atomic mass is 10.0. The molecule has 3 rings (SSSR count). The fourth-order valence-corrected chi connectivity index (χ4v) is 6.29. The molecule has 174 valence electrons. The van der Waals surface area contributed by atoms with E-state index in [1.807, 2.05) is 11.8 Å². The normalized spacial score (nSPS) is 20.5. The lowest BCUT2D eigenvalue weighted by Crippen LogP contribution is -2.13. The van der Waals surface area contributed by atoms with Crippen LogP contribution in [0.1, 0.15) is 89.1 Å². The van der Waals surface area contributed by atoms with Crippen LogP contribution in [0.25, 0.3) is 10.6 Å². The number of thioether (sulfide) groups is 1. The van der Waals surface area contributed by atoms with Gasteiger partial charge in [0.1, 0.15) is 0 Å². The summed E-state index contributed by atoms with van der Waals surface area (Å²) < 4.78 is 2.45. The van der Waals surface area contributed by atoms with E-state index in [4.69, 9.17) is 16.6 Å². The molecule has 1 unspecified atom stereocenters. The van der Waals surface area contributed by atoms with Crippen LogP contribution in [0.2, 0.25) is 0 Å². The standard InChI is InChI=1S/C28H39ClN2S/c1-6-8-18-31-21(4)25(22(5)32-23-14-10-9-11-15-23)19-28(31)27(7-2)30-20(3)24-16-12-13-17-26(24)29/h7,12-13,16,19,23,26H,5-6,8-11,14-15,17-18H2,1-4H3/b27-7-,30-20?. The third-order valence-corrected chi connectivity index (χ3v) is 8.32. The van der Waals surface area contributed by atoms with Crippen LogP contribution < -0.4 is 0 Å². The molecule has 0 saturated heterocycles. The van der Waals surface area contributed by atoms with E-state index >= 15 is 0 Å². The molecule has 1 aromatic heterocycles. The molecule has 4 heteroatoms. The number of aromatic nitrogens is 1. The Balaban J connectivity index is 1.93. The number of unbranched alkanes of at least 4 members (excludes halogenated alkanes) is 1. The minimum atomic E-state index is -0.00213. The predicted molar refractivity (Wildman–Crippen MR) is 146 cm³/mol. The average Bonchev–Trinajstić information content (AvgIpc) is 3.12. The van der Waals surface area contributed by atoms with Gasteiger partial charge in [0, 0.05) is 33.7 Å². The van der Waals surface area contributed by atoms with Gasteiger partial charge in [0.05, 0.1) is 16.8 Å². The van der Waals surface area contributed by atoms with Gasteiger partial charge in [-0.25, -0.2) is 0 Å². The fraction of sp³-hybridized carbons (Fsp3) is 0.536. The van der Waals surface area contributed by atoms with Crippen molar-refractivity contribution in [2.45, 2.75) is 96.2 Å². The summed E-state index contributed by atoms with van der Waals surface area (Å²) in [7, 11) is 0. The molecule has 0 aromatic carbocycles. The minimum Gasteiger partial charge on any atom is -0.343 e. The van der Waals surface area contributed by atoms with Crippen LogP contribution >= 0.6 is 23.4 Å². The van der Waals surface area contributed by atoms with Gasteiger partial charge in [0.25, 0.3) is 0 Å². The number of nitrogens with zero attached hydrogens (tertiary/aromatic N) is 2. The van der Waals surface area contributed by atoms with Gasteiger partial charge in [0.15, 0.2) is 0 Å². The molecule has 0 radical (unpaired) electrons. The van der Waals surface area contributed by atoms with Gasteiger partial charge in [-0.05, 0) is 58.1 Å². The maximum absolute atomic E-state index is 6.57. The second-order valence-electron chi connectivity index (χ2n) is 8.96. The molecule has 1 atom stereocenters. The van der Waals surface area contributed by atoms with Crippen molar-refractivity contribution in [2.24, 2.45) is 4.99 Å². The van der Waals surface area contributed by atoms with Gasteiger partial charge in [0.2, 0.25) is 0 Å². The zero-order chi connectivity index (χ0) is 23.1. The van der Waals surface area contributed by atoms with E-state index in [9.17, 15) is 0 Å². The zero-order valence-corrected chi connectivity index (χ0v) is 21.9. The summed E-state index contributed by atoms with van der Waals surface area (Å²) in [5, 5.41) is 0.712. The molecule has 1 aromatic rings. The molecule has 0 amide bonds. The number of aliphatic imine (C=N–C) groups is 1. The van der Waals surface area contributed by atoms with Crippen LogP contribution in [-0.2, 0) is 6.54 Å². The SMILES string of the molecule is C=C(SC1CCCCC1)c1cc(/C(=C/C)N=C(C)C2=CC=CCC2Cl)n(CCCC)c1C. The van der Waals surface area contributed by atoms with Crippen molar-refractivity contribution < 1.29 is 0 Å². The molecule has 1 fully saturated rings. The van der Waals surface area contributed by atoms with Crippen molar-refractivity contribution in [1.29, 1.82) is 0 Å². The second kappa shape index (κ2) is 12.1. The molecular formula is C28H39ClN2S. The largest absolute Gasteiger partial charge is 0.343 e. The fourth-order valence-electron chi connectivity index (χ4n) is 4.65. The van der Waals surface area contributed by atoms with Crippen LogP contribution in [0.5, 0.6) is 0 Å². The summed E-state index contributed by atoms with van der Waals surface area (Å²) in [6.07, 6.45) is 18.4. The Morgan fingerprint density at radius 3 is 2.72 bits per heavy atom. The van der Waals surface area contributed by atoms with Crippen LogP contribution in [-0.4, -0.2) is 20.9 Å². The number of alkyl halides is 1. The quantitative estimate of drug-likeness (QED) is 0.260. The van der Waals surface area contributed by atoms with Crippen LogP contribution in [0.3, 0.4) is 0 Å². The van der Waals surface area contributed by atoms with Gasteiger partial charge in [-0.3, -0.25) is 4.99 Å². The highest BCUT2D eigenvalue weighted by atomic mass is 35.5. The van der Waals surface area contributed by atoms with Crippen LogP contribution in [0, 0.1) is 6.92 Å². The summed E-state index contributed by atoms with van der Waals surface area (Å²) in [4.78, 5) is 6.28. The third-order valence-electron chi connectivity index (χ3n) is 6.60. The molecule has 32 heavy (non-hydrogen) atoms. The summed E-state index contributed by atoms with van der Waals surface area (Å²) in [5.74, 6) is 0.